The molecule has 0 aromatic heterocycles. The van der Waals surface area contributed by atoms with E-state index in [2.05, 4.69) is 17.9 Å². The van der Waals surface area contributed by atoms with Crippen molar-refractivity contribution in [2.75, 3.05) is 11.1 Å². The van der Waals surface area contributed by atoms with E-state index in [0.29, 0.717) is 29.0 Å². The van der Waals surface area contributed by atoms with Gasteiger partial charge in [0.2, 0.25) is 0 Å². The van der Waals surface area contributed by atoms with Crippen LogP contribution in [-0.4, -0.2) is 33.8 Å². The van der Waals surface area contributed by atoms with Gasteiger partial charge < -0.3 is 15.5 Å². The Kier molecular flexibility index (Phi) is 3.70. The number of aliphatic hydroxyl groups is 2. The molecule has 5 nitrogen and oxygen atoms in total. The van der Waals surface area contributed by atoms with Gasteiger partial charge in [0.15, 0.2) is 0 Å². The van der Waals surface area contributed by atoms with Crippen LogP contribution in [0.15, 0.2) is 18.2 Å². The Balaban J connectivity index is 2.25. The molecule has 1 aliphatic rings. The van der Waals surface area contributed by atoms with E-state index in [9.17, 15) is 19.8 Å². The number of benzene rings is 1. The van der Waals surface area contributed by atoms with E-state index in [1.54, 1.807) is 0 Å². The monoisotopic (exact) mass is 267 g/mol. The number of amides is 1. The van der Waals surface area contributed by atoms with Crippen LogP contribution in [0.2, 0.25) is 0 Å². The Labute approximate surface area is 109 Å². The lowest BCUT2D eigenvalue weighted by Crippen LogP contribution is -2.18. The maximum Gasteiger partial charge on any atom is 0.296 e. The van der Waals surface area contributed by atoms with Gasteiger partial charge in [-0.2, -0.15) is 12.6 Å². The van der Waals surface area contributed by atoms with Gasteiger partial charge >= 0.3 is 0 Å². The second-order valence-electron chi connectivity index (χ2n) is 4.11. The summed E-state index contributed by atoms with van der Waals surface area (Å²) in [4.78, 5) is 22.5. The lowest BCUT2D eigenvalue weighted by molar-refractivity contribution is -0.112. The maximum absolute atomic E-state index is 11.4. The first-order valence-electron chi connectivity index (χ1n) is 5.51. The number of rotatable bonds is 4. The van der Waals surface area contributed by atoms with E-state index >= 15 is 0 Å². The third-order valence-electron chi connectivity index (χ3n) is 2.87. The van der Waals surface area contributed by atoms with Crippen LogP contribution in [0.5, 0.6) is 0 Å². The van der Waals surface area contributed by atoms with Crippen LogP contribution in [0.3, 0.4) is 0 Å². The van der Waals surface area contributed by atoms with Crippen LogP contribution in [0.1, 0.15) is 28.4 Å². The van der Waals surface area contributed by atoms with Gasteiger partial charge in [-0.1, -0.05) is 6.07 Å². The fraction of sp³-hybridized carbons (Fsp3) is 0.333. The van der Waals surface area contributed by atoms with Gasteiger partial charge in [-0.15, -0.1) is 0 Å². The number of carbonyl (C=O) groups excluding carboxylic acids is 2. The van der Waals surface area contributed by atoms with Crippen molar-refractivity contribution < 1.29 is 19.8 Å². The highest BCUT2D eigenvalue weighted by Gasteiger charge is 2.29. The number of hydrogen-bond donors (Lipinski definition) is 4. The van der Waals surface area contributed by atoms with Crippen LogP contribution in [0.25, 0.3) is 0 Å². The second-order valence-corrected chi connectivity index (χ2v) is 4.56. The average Bonchev–Trinajstić information content (AvgIpc) is 2.64. The summed E-state index contributed by atoms with van der Waals surface area (Å²) in [6, 6.07) is 4.51. The van der Waals surface area contributed by atoms with Gasteiger partial charge in [-0.3, -0.25) is 9.59 Å². The molecule has 1 aromatic carbocycles. The minimum Gasteiger partial charge on any atom is -0.390 e. The molecule has 0 radical (unpaired) electrons. The molecule has 0 spiro atoms. The number of fused-ring (bicyclic) bond motifs is 1. The Morgan fingerprint density at radius 3 is 2.67 bits per heavy atom. The van der Waals surface area contributed by atoms with Gasteiger partial charge in [0.25, 0.3) is 11.7 Å². The zero-order chi connectivity index (χ0) is 13.3. The summed E-state index contributed by atoms with van der Waals surface area (Å²) < 4.78 is 0. The molecule has 1 heterocycles. The normalized spacial score (nSPS) is 17.3. The zero-order valence-corrected chi connectivity index (χ0v) is 10.4. The first-order chi connectivity index (χ1) is 8.54. The van der Waals surface area contributed by atoms with Crippen molar-refractivity contribution in [3.63, 3.8) is 0 Å². The zero-order valence-electron chi connectivity index (χ0n) is 9.46. The molecule has 0 saturated heterocycles. The molecule has 1 aliphatic heterocycles. The molecule has 2 unspecified atom stereocenters. The maximum atomic E-state index is 11.4. The molecule has 3 N–H and O–H groups in total. The molecular formula is C12H13NO4S. The quantitative estimate of drug-likeness (QED) is 0.473. The predicted molar refractivity (Wildman–Crippen MR) is 68.8 cm³/mol. The number of aliphatic hydroxyl groups excluding tert-OH is 2. The van der Waals surface area contributed by atoms with Crippen LogP contribution in [0, 0.1) is 0 Å². The first-order valence-corrected chi connectivity index (χ1v) is 6.14. The van der Waals surface area contributed by atoms with Crippen molar-refractivity contribution in [3.8, 4) is 0 Å². The fourth-order valence-corrected chi connectivity index (χ4v) is 2.13. The predicted octanol–water partition coefficient (Wildman–Crippen LogP) is 0.536. The molecular weight excluding hydrogens is 254 g/mol. The molecule has 0 fully saturated rings. The lowest BCUT2D eigenvalue weighted by Gasteiger charge is -2.17. The van der Waals surface area contributed by atoms with Gasteiger partial charge in [-0.05, 0) is 29.9 Å². The summed E-state index contributed by atoms with van der Waals surface area (Å²) in [5.41, 5.74) is 1.12. The third-order valence-corrected chi connectivity index (χ3v) is 3.13. The number of carbonyl (C=O) groups is 2. The number of hydrogen-bond acceptors (Lipinski definition) is 5. The Morgan fingerprint density at radius 1 is 1.28 bits per heavy atom. The fourth-order valence-electron chi connectivity index (χ4n) is 1.86. The molecule has 0 aliphatic carbocycles. The van der Waals surface area contributed by atoms with Crippen LogP contribution >= 0.6 is 12.6 Å². The van der Waals surface area contributed by atoms with Gasteiger partial charge in [-0.25, -0.2) is 0 Å². The minimum atomic E-state index is -1.06. The van der Waals surface area contributed by atoms with Crippen molar-refractivity contribution in [1.82, 2.24) is 0 Å². The number of thiol groups is 1. The molecule has 2 atom stereocenters. The van der Waals surface area contributed by atoms with E-state index in [0.717, 1.165) is 0 Å². The summed E-state index contributed by atoms with van der Waals surface area (Å²) in [5.74, 6) is -0.798. The second kappa shape index (κ2) is 5.09. The summed E-state index contributed by atoms with van der Waals surface area (Å²) in [7, 11) is 0. The largest absolute Gasteiger partial charge is 0.390 e. The minimum absolute atomic E-state index is 0.291. The van der Waals surface area contributed by atoms with Crippen molar-refractivity contribution in [3.05, 3.63) is 29.3 Å². The molecule has 1 aromatic rings. The average molecular weight is 267 g/mol. The Hall–Kier alpha value is -1.37. The van der Waals surface area contributed by atoms with Gasteiger partial charge in [0.1, 0.15) is 6.10 Å². The summed E-state index contributed by atoms with van der Waals surface area (Å²) in [6.07, 6.45) is -1.63. The topological polar surface area (TPSA) is 86.6 Å². The standard InChI is InChI=1S/C12H13NO4S/c14-9(3-4-18)10(15)6-1-2-7-8(5-6)13-12(17)11(7)16/h1-2,5,9-10,14-15,18H,3-4H2,(H,13,16,17). The van der Waals surface area contributed by atoms with E-state index in [4.69, 9.17) is 0 Å². The van der Waals surface area contributed by atoms with E-state index in [-0.39, 0.29) is 0 Å². The molecule has 2 rings (SSSR count). The van der Waals surface area contributed by atoms with E-state index < -0.39 is 23.9 Å². The lowest BCUT2D eigenvalue weighted by atomic mass is 10.00. The molecule has 0 bridgehead atoms. The molecule has 1 amide bonds. The molecule has 6 heteroatoms. The highest BCUT2D eigenvalue weighted by Crippen LogP contribution is 2.28. The van der Waals surface area contributed by atoms with Crippen molar-refractivity contribution >= 4 is 30.0 Å². The van der Waals surface area contributed by atoms with Crippen LogP contribution in [-0.2, 0) is 4.79 Å². The van der Waals surface area contributed by atoms with Gasteiger partial charge in [0.05, 0.1) is 17.4 Å². The van der Waals surface area contributed by atoms with E-state index in [1.807, 2.05) is 0 Å². The first kappa shape index (κ1) is 13.1. The number of nitrogens with one attached hydrogen (secondary N) is 1. The Morgan fingerprint density at radius 2 is 2.00 bits per heavy atom. The number of anilines is 1. The Bertz CT molecular complexity index is 503. The molecule has 0 saturated carbocycles. The number of ketones is 1. The molecule has 18 heavy (non-hydrogen) atoms. The van der Waals surface area contributed by atoms with Gasteiger partial charge in [0, 0.05) is 0 Å². The van der Waals surface area contributed by atoms with Crippen molar-refractivity contribution in [2.45, 2.75) is 18.6 Å². The van der Waals surface area contributed by atoms with Crippen molar-refractivity contribution in [1.29, 1.82) is 0 Å². The third kappa shape index (κ3) is 2.27. The summed E-state index contributed by atoms with van der Waals surface area (Å²) >= 11 is 3.98. The SMILES string of the molecule is O=C1Nc2cc(C(O)C(O)CCS)ccc2C1=O. The van der Waals surface area contributed by atoms with Crippen molar-refractivity contribution in [2.24, 2.45) is 0 Å². The summed E-state index contributed by atoms with van der Waals surface area (Å²) in [5, 5.41) is 22.0. The highest BCUT2D eigenvalue weighted by atomic mass is 32.1. The number of Topliss-reactive ketones (excluding diaryl/α,β-unsaturated/α-hetero) is 1. The van der Waals surface area contributed by atoms with Crippen LogP contribution < -0.4 is 5.32 Å². The molecule has 96 valence electrons. The highest BCUT2D eigenvalue weighted by molar-refractivity contribution is 7.80. The summed E-state index contributed by atoms with van der Waals surface area (Å²) in [6.45, 7) is 0. The van der Waals surface area contributed by atoms with Crippen LogP contribution in [0.4, 0.5) is 5.69 Å². The van der Waals surface area contributed by atoms with E-state index in [1.165, 1.54) is 18.2 Å². The smallest absolute Gasteiger partial charge is 0.296 e.